The first kappa shape index (κ1) is 63.1. The van der Waals surface area contributed by atoms with Crippen molar-refractivity contribution in [3.05, 3.63) is 109 Å². The Balaban J connectivity index is 4.48. The third-order valence-electron chi connectivity index (χ3n) is 11.4. The van der Waals surface area contributed by atoms with Gasteiger partial charge in [0.1, 0.15) is 13.2 Å². The van der Waals surface area contributed by atoms with E-state index in [0.29, 0.717) is 19.3 Å². The largest absolute Gasteiger partial charge is 0.462 e. The van der Waals surface area contributed by atoms with Crippen LogP contribution in [0.25, 0.3) is 0 Å². The molecule has 0 rings (SSSR count). The highest BCUT2D eigenvalue weighted by Gasteiger charge is 2.19. The number of esters is 3. The van der Waals surface area contributed by atoms with Crippen molar-refractivity contribution in [3.63, 3.8) is 0 Å². The van der Waals surface area contributed by atoms with Gasteiger partial charge in [-0.3, -0.25) is 14.4 Å². The molecule has 67 heavy (non-hydrogen) atoms. The SMILES string of the molecule is CC\C=C/C=C\C=C/CCCCCCCC(=O)OCC(COC(=O)CCCCCCC\C=C/C=C\C=C/C=C\C=C/CCC)OC(=O)CCCCCCC/C=C\CCCCCCCCCCC. The van der Waals surface area contributed by atoms with Crippen LogP contribution in [0.15, 0.2) is 109 Å². The minimum absolute atomic E-state index is 0.102. The Hall–Kier alpha value is -3.93. The van der Waals surface area contributed by atoms with Crippen LogP contribution in [0.3, 0.4) is 0 Å². The van der Waals surface area contributed by atoms with E-state index in [2.05, 4.69) is 106 Å². The predicted octanol–water partition coefficient (Wildman–Crippen LogP) is 18.3. The minimum Gasteiger partial charge on any atom is -0.462 e. The molecule has 0 spiro atoms. The molecular formula is C61H100O6. The summed E-state index contributed by atoms with van der Waals surface area (Å²) in [5, 5.41) is 0. The van der Waals surface area contributed by atoms with Gasteiger partial charge in [0.25, 0.3) is 0 Å². The first-order valence-electron chi connectivity index (χ1n) is 27.5. The Labute approximate surface area is 412 Å². The summed E-state index contributed by atoms with van der Waals surface area (Å²) in [6.07, 6.45) is 73.5. The second-order valence-electron chi connectivity index (χ2n) is 17.9. The van der Waals surface area contributed by atoms with Crippen LogP contribution < -0.4 is 0 Å². The molecule has 0 radical (unpaired) electrons. The summed E-state index contributed by atoms with van der Waals surface area (Å²) in [6.45, 7) is 6.37. The molecule has 0 aliphatic carbocycles. The van der Waals surface area contributed by atoms with E-state index in [1.165, 1.54) is 77.0 Å². The molecule has 0 aliphatic rings. The number of allylic oxidation sites excluding steroid dienone is 18. The maximum absolute atomic E-state index is 12.8. The fourth-order valence-corrected chi connectivity index (χ4v) is 7.29. The monoisotopic (exact) mass is 929 g/mol. The molecule has 6 nitrogen and oxygen atoms in total. The Kier molecular flexibility index (Phi) is 51.5. The number of ether oxygens (including phenoxy) is 3. The molecule has 0 aromatic heterocycles. The summed E-state index contributed by atoms with van der Waals surface area (Å²) in [5.41, 5.74) is 0. The molecule has 0 aliphatic heterocycles. The van der Waals surface area contributed by atoms with Gasteiger partial charge >= 0.3 is 17.9 Å². The fourth-order valence-electron chi connectivity index (χ4n) is 7.29. The van der Waals surface area contributed by atoms with Crippen molar-refractivity contribution in [1.29, 1.82) is 0 Å². The molecule has 1 atom stereocenters. The Morgan fingerprint density at radius 2 is 0.627 bits per heavy atom. The van der Waals surface area contributed by atoms with Gasteiger partial charge in [-0.1, -0.05) is 246 Å². The Morgan fingerprint density at radius 3 is 1.01 bits per heavy atom. The van der Waals surface area contributed by atoms with Crippen molar-refractivity contribution in [2.45, 2.75) is 245 Å². The maximum Gasteiger partial charge on any atom is 0.306 e. The molecule has 0 heterocycles. The van der Waals surface area contributed by atoms with Crippen molar-refractivity contribution in [2.75, 3.05) is 13.2 Å². The average molecular weight is 929 g/mol. The predicted molar refractivity (Wildman–Crippen MR) is 288 cm³/mol. The molecule has 0 aromatic rings. The first-order valence-corrected chi connectivity index (χ1v) is 27.5. The van der Waals surface area contributed by atoms with E-state index in [0.717, 1.165) is 122 Å². The van der Waals surface area contributed by atoms with Crippen molar-refractivity contribution >= 4 is 17.9 Å². The second kappa shape index (κ2) is 54.7. The Bertz CT molecular complexity index is 1390. The van der Waals surface area contributed by atoms with E-state index in [4.69, 9.17) is 14.2 Å². The molecule has 0 N–H and O–H groups in total. The van der Waals surface area contributed by atoms with E-state index >= 15 is 0 Å². The van der Waals surface area contributed by atoms with Gasteiger partial charge in [-0.15, -0.1) is 0 Å². The minimum atomic E-state index is -0.804. The van der Waals surface area contributed by atoms with Gasteiger partial charge in [0.15, 0.2) is 6.10 Å². The van der Waals surface area contributed by atoms with E-state index in [-0.39, 0.29) is 31.1 Å². The van der Waals surface area contributed by atoms with E-state index in [9.17, 15) is 14.4 Å². The summed E-state index contributed by atoms with van der Waals surface area (Å²) in [5.74, 6) is -0.956. The summed E-state index contributed by atoms with van der Waals surface area (Å²) in [4.78, 5) is 38.1. The summed E-state index contributed by atoms with van der Waals surface area (Å²) >= 11 is 0. The number of carbonyl (C=O) groups excluding carboxylic acids is 3. The third-order valence-corrected chi connectivity index (χ3v) is 11.4. The lowest BCUT2D eigenvalue weighted by molar-refractivity contribution is -0.167. The number of unbranched alkanes of at least 4 members (excludes halogenated alkanes) is 25. The molecule has 380 valence electrons. The summed E-state index contributed by atoms with van der Waals surface area (Å²) in [6, 6.07) is 0. The van der Waals surface area contributed by atoms with Crippen LogP contribution in [0.2, 0.25) is 0 Å². The van der Waals surface area contributed by atoms with Gasteiger partial charge < -0.3 is 14.2 Å². The van der Waals surface area contributed by atoms with Crippen molar-refractivity contribution in [2.24, 2.45) is 0 Å². The van der Waals surface area contributed by atoms with Gasteiger partial charge in [-0.05, 0) is 83.5 Å². The molecule has 0 saturated heterocycles. The van der Waals surface area contributed by atoms with Crippen LogP contribution in [0, 0.1) is 0 Å². The smallest absolute Gasteiger partial charge is 0.306 e. The average Bonchev–Trinajstić information content (AvgIpc) is 3.33. The molecule has 6 heteroatoms. The van der Waals surface area contributed by atoms with Gasteiger partial charge in [0, 0.05) is 19.3 Å². The highest BCUT2D eigenvalue weighted by atomic mass is 16.6. The second-order valence-corrected chi connectivity index (χ2v) is 17.9. The normalized spacial score (nSPS) is 12.9. The van der Waals surface area contributed by atoms with Gasteiger partial charge in [0.05, 0.1) is 0 Å². The van der Waals surface area contributed by atoms with Crippen molar-refractivity contribution in [1.82, 2.24) is 0 Å². The number of carbonyl (C=O) groups is 3. The van der Waals surface area contributed by atoms with Crippen LogP contribution in [0.1, 0.15) is 239 Å². The van der Waals surface area contributed by atoms with Gasteiger partial charge in [-0.25, -0.2) is 0 Å². The van der Waals surface area contributed by atoms with Crippen LogP contribution >= 0.6 is 0 Å². The molecule has 1 unspecified atom stereocenters. The standard InChI is InChI=1S/C61H100O6/c1-4-7-10-13-16-19-22-25-27-29-31-33-36-39-42-45-48-51-54-60(63)66-57-58(56-65-59(62)53-50-47-44-41-38-35-24-21-18-15-12-9-6-3)67-61(64)55-52-49-46-43-40-37-34-32-30-28-26-23-20-17-14-11-8-5-2/h9-10,12-13,15-16,18-19,21-22,24-25,27,29,31-34,58H,4-8,11,14,17,20,23,26,28,30,35-57H2,1-3H3/b12-9-,13-10-,18-15-,19-16-,24-21-,25-22-,29-27-,33-31-,34-32-. The highest BCUT2D eigenvalue weighted by Crippen LogP contribution is 2.14. The Morgan fingerprint density at radius 1 is 0.313 bits per heavy atom. The quantitative estimate of drug-likeness (QED) is 0.0199. The number of rotatable bonds is 48. The lowest BCUT2D eigenvalue weighted by Crippen LogP contribution is -2.30. The molecule has 0 fully saturated rings. The summed E-state index contributed by atoms with van der Waals surface area (Å²) < 4.78 is 16.8. The zero-order valence-corrected chi connectivity index (χ0v) is 43.4. The van der Waals surface area contributed by atoms with Crippen molar-refractivity contribution < 1.29 is 28.6 Å². The summed E-state index contributed by atoms with van der Waals surface area (Å²) in [7, 11) is 0. The van der Waals surface area contributed by atoms with Gasteiger partial charge in [0.2, 0.25) is 0 Å². The van der Waals surface area contributed by atoms with Gasteiger partial charge in [-0.2, -0.15) is 0 Å². The zero-order chi connectivity index (χ0) is 48.6. The zero-order valence-electron chi connectivity index (χ0n) is 43.4. The molecule has 0 saturated carbocycles. The van der Waals surface area contributed by atoms with Crippen molar-refractivity contribution in [3.8, 4) is 0 Å². The van der Waals surface area contributed by atoms with E-state index in [1.807, 2.05) is 24.3 Å². The maximum atomic E-state index is 12.8. The third kappa shape index (κ3) is 52.9. The van der Waals surface area contributed by atoms with Crippen LogP contribution in [-0.4, -0.2) is 37.2 Å². The topological polar surface area (TPSA) is 78.9 Å². The molecular weight excluding hydrogens is 829 g/mol. The van der Waals surface area contributed by atoms with E-state index in [1.54, 1.807) is 0 Å². The van der Waals surface area contributed by atoms with Crippen LogP contribution in [0.4, 0.5) is 0 Å². The molecule has 0 amide bonds. The first-order chi connectivity index (χ1) is 33.0. The van der Waals surface area contributed by atoms with Crippen LogP contribution in [-0.2, 0) is 28.6 Å². The fraction of sp³-hybridized carbons (Fsp3) is 0.656. The molecule has 0 bridgehead atoms. The number of hydrogen-bond acceptors (Lipinski definition) is 6. The lowest BCUT2D eigenvalue weighted by atomic mass is 10.1. The highest BCUT2D eigenvalue weighted by molar-refractivity contribution is 5.71. The lowest BCUT2D eigenvalue weighted by Gasteiger charge is -2.18. The van der Waals surface area contributed by atoms with Crippen LogP contribution in [0.5, 0.6) is 0 Å². The molecule has 0 aromatic carbocycles. The number of hydrogen-bond donors (Lipinski definition) is 0. The van der Waals surface area contributed by atoms with E-state index < -0.39 is 6.10 Å².